The lowest BCUT2D eigenvalue weighted by Gasteiger charge is -2.15. The summed E-state index contributed by atoms with van der Waals surface area (Å²) in [6, 6.07) is 6.30. The molecule has 8 heteroatoms. The lowest BCUT2D eigenvalue weighted by Crippen LogP contribution is -2.46. The zero-order chi connectivity index (χ0) is 13.6. The molecule has 0 amide bonds. The molecule has 0 fully saturated rings. The molecule has 0 aromatic heterocycles. The minimum Gasteiger partial charge on any atom is -0.437 e. The molecule has 7 nitrogen and oxygen atoms in total. The lowest BCUT2D eigenvalue weighted by atomic mass is 10.3. The van der Waals surface area contributed by atoms with Crippen molar-refractivity contribution in [2.75, 3.05) is 13.3 Å². The predicted molar refractivity (Wildman–Crippen MR) is 62.8 cm³/mol. The van der Waals surface area contributed by atoms with Crippen LogP contribution >= 0.6 is 0 Å². The molecule has 18 heavy (non-hydrogen) atoms. The SMILES string of the molecule is NCC(NS(=O)(=O)c1ccccc1)C(=O)OCO. The average Bonchev–Trinajstić information content (AvgIpc) is 2.37. The van der Waals surface area contributed by atoms with Gasteiger partial charge in [-0.3, -0.25) is 4.79 Å². The third-order valence-corrected chi connectivity index (χ3v) is 3.57. The molecule has 1 aromatic rings. The molecular weight excluding hydrogens is 260 g/mol. The molecule has 4 N–H and O–H groups in total. The van der Waals surface area contributed by atoms with Crippen LogP contribution in [0.1, 0.15) is 0 Å². The van der Waals surface area contributed by atoms with E-state index in [-0.39, 0.29) is 11.4 Å². The van der Waals surface area contributed by atoms with Gasteiger partial charge < -0.3 is 15.6 Å². The van der Waals surface area contributed by atoms with E-state index in [1.165, 1.54) is 12.1 Å². The van der Waals surface area contributed by atoms with Gasteiger partial charge >= 0.3 is 5.97 Å². The molecule has 0 aliphatic rings. The van der Waals surface area contributed by atoms with E-state index in [2.05, 4.69) is 9.46 Å². The summed E-state index contributed by atoms with van der Waals surface area (Å²) in [5, 5.41) is 8.44. The van der Waals surface area contributed by atoms with Crippen LogP contribution in [0.5, 0.6) is 0 Å². The Hall–Kier alpha value is -1.48. The van der Waals surface area contributed by atoms with Crippen molar-refractivity contribution in [3.8, 4) is 0 Å². The van der Waals surface area contributed by atoms with E-state index in [1.807, 2.05) is 0 Å². The number of carbonyl (C=O) groups is 1. The minimum absolute atomic E-state index is 0.0141. The molecule has 0 radical (unpaired) electrons. The van der Waals surface area contributed by atoms with Gasteiger partial charge in [-0.25, -0.2) is 8.42 Å². The first kappa shape index (κ1) is 14.6. The van der Waals surface area contributed by atoms with Crippen molar-refractivity contribution in [3.63, 3.8) is 0 Å². The summed E-state index contributed by atoms with van der Waals surface area (Å²) in [5.74, 6) is -0.931. The maximum absolute atomic E-state index is 11.9. The van der Waals surface area contributed by atoms with Gasteiger partial charge in [0.25, 0.3) is 0 Å². The van der Waals surface area contributed by atoms with Gasteiger partial charge in [-0.15, -0.1) is 0 Å². The Labute approximate surface area is 105 Å². The van der Waals surface area contributed by atoms with Gasteiger partial charge in [0.15, 0.2) is 6.79 Å². The summed E-state index contributed by atoms with van der Waals surface area (Å²) < 4.78 is 30.1. The van der Waals surface area contributed by atoms with Crippen molar-refractivity contribution in [2.45, 2.75) is 10.9 Å². The summed E-state index contributed by atoms with van der Waals surface area (Å²) >= 11 is 0. The van der Waals surface area contributed by atoms with E-state index in [4.69, 9.17) is 10.8 Å². The fourth-order valence-electron chi connectivity index (χ4n) is 1.21. The second-order valence-corrected chi connectivity index (χ2v) is 5.03. The number of nitrogens with two attached hydrogens (primary N) is 1. The summed E-state index contributed by atoms with van der Waals surface area (Å²) in [6.45, 7) is -1.10. The lowest BCUT2D eigenvalue weighted by molar-refractivity contribution is -0.153. The van der Waals surface area contributed by atoms with E-state index in [9.17, 15) is 13.2 Å². The fraction of sp³-hybridized carbons (Fsp3) is 0.300. The van der Waals surface area contributed by atoms with Gasteiger partial charge in [-0.2, -0.15) is 4.72 Å². The molecule has 0 heterocycles. The first-order valence-corrected chi connectivity index (χ1v) is 6.54. The van der Waals surface area contributed by atoms with Crippen LogP contribution in [0.15, 0.2) is 35.2 Å². The Bertz CT molecular complexity index is 488. The normalized spacial score (nSPS) is 13.0. The smallest absolute Gasteiger partial charge is 0.327 e. The number of sulfonamides is 1. The monoisotopic (exact) mass is 274 g/mol. The number of rotatable bonds is 6. The highest BCUT2D eigenvalue weighted by Crippen LogP contribution is 2.08. The Kier molecular flexibility index (Phi) is 5.23. The van der Waals surface area contributed by atoms with E-state index in [1.54, 1.807) is 18.2 Å². The summed E-state index contributed by atoms with van der Waals surface area (Å²) in [7, 11) is -3.85. The maximum Gasteiger partial charge on any atom is 0.327 e. The molecule has 0 saturated heterocycles. The van der Waals surface area contributed by atoms with E-state index in [0.29, 0.717) is 0 Å². The molecule has 100 valence electrons. The Morgan fingerprint density at radius 3 is 2.50 bits per heavy atom. The van der Waals surface area contributed by atoms with Crippen LogP contribution in [-0.4, -0.2) is 38.9 Å². The van der Waals surface area contributed by atoms with Crippen molar-refractivity contribution >= 4 is 16.0 Å². The van der Waals surface area contributed by atoms with Crippen molar-refractivity contribution in [3.05, 3.63) is 30.3 Å². The molecule has 1 unspecified atom stereocenters. The number of aliphatic hydroxyl groups is 1. The number of esters is 1. The fourth-order valence-corrected chi connectivity index (χ4v) is 2.43. The second kappa shape index (κ2) is 6.45. The molecule has 0 spiro atoms. The Morgan fingerprint density at radius 1 is 1.39 bits per heavy atom. The molecule has 0 aliphatic heterocycles. The Balaban J connectivity index is 2.85. The van der Waals surface area contributed by atoms with Crippen LogP contribution in [0.25, 0.3) is 0 Å². The molecule has 0 saturated carbocycles. The van der Waals surface area contributed by atoms with E-state index in [0.717, 1.165) is 0 Å². The van der Waals surface area contributed by atoms with Crippen molar-refractivity contribution in [1.29, 1.82) is 0 Å². The number of benzene rings is 1. The zero-order valence-electron chi connectivity index (χ0n) is 9.44. The summed E-state index contributed by atoms with van der Waals surface area (Å²) in [6.07, 6.45) is 0. The van der Waals surface area contributed by atoms with Crippen molar-refractivity contribution < 1.29 is 23.1 Å². The topological polar surface area (TPSA) is 119 Å². The predicted octanol–water partition coefficient (Wildman–Crippen LogP) is -1.21. The largest absolute Gasteiger partial charge is 0.437 e. The summed E-state index contributed by atoms with van der Waals surface area (Å²) in [5.41, 5.74) is 5.28. The highest BCUT2D eigenvalue weighted by Gasteiger charge is 2.25. The van der Waals surface area contributed by atoms with Crippen LogP contribution in [0, 0.1) is 0 Å². The van der Waals surface area contributed by atoms with Gasteiger partial charge in [-0.05, 0) is 12.1 Å². The first-order chi connectivity index (χ1) is 8.51. The number of carbonyl (C=O) groups excluding carboxylic acids is 1. The highest BCUT2D eigenvalue weighted by molar-refractivity contribution is 7.89. The molecule has 1 rings (SSSR count). The van der Waals surface area contributed by atoms with Crippen LogP contribution in [0.3, 0.4) is 0 Å². The average molecular weight is 274 g/mol. The molecule has 1 aromatic carbocycles. The molecule has 0 bridgehead atoms. The number of nitrogens with one attached hydrogen (secondary N) is 1. The van der Waals surface area contributed by atoms with Crippen molar-refractivity contribution in [2.24, 2.45) is 5.73 Å². The molecular formula is C10H14N2O5S. The summed E-state index contributed by atoms with van der Waals surface area (Å²) in [4.78, 5) is 11.3. The van der Waals surface area contributed by atoms with Crippen LogP contribution in [-0.2, 0) is 19.6 Å². The van der Waals surface area contributed by atoms with Crippen LogP contribution in [0.2, 0.25) is 0 Å². The van der Waals surface area contributed by atoms with Gasteiger partial charge in [0.1, 0.15) is 6.04 Å². The second-order valence-electron chi connectivity index (χ2n) is 3.32. The van der Waals surface area contributed by atoms with E-state index < -0.39 is 28.8 Å². The van der Waals surface area contributed by atoms with Gasteiger partial charge in [0.2, 0.25) is 10.0 Å². The number of hydrogen-bond donors (Lipinski definition) is 3. The van der Waals surface area contributed by atoms with Crippen LogP contribution in [0.4, 0.5) is 0 Å². The Morgan fingerprint density at radius 2 is 2.00 bits per heavy atom. The van der Waals surface area contributed by atoms with Crippen molar-refractivity contribution in [1.82, 2.24) is 4.72 Å². The maximum atomic E-state index is 11.9. The quantitative estimate of drug-likeness (QED) is 0.442. The number of aliphatic hydroxyl groups excluding tert-OH is 1. The van der Waals surface area contributed by atoms with Gasteiger partial charge in [0.05, 0.1) is 4.90 Å². The zero-order valence-corrected chi connectivity index (χ0v) is 10.3. The minimum atomic E-state index is -3.85. The van der Waals surface area contributed by atoms with E-state index >= 15 is 0 Å². The first-order valence-electron chi connectivity index (χ1n) is 5.06. The number of hydrogen-bond acceptors (Lipinski definition) is 6. The highest BCUT2D eigenvalue weighted by atomic mass is 32.2. The molecule has 1 atom stereocenters. The third-order valence-electron chi connectivity index (χ3n) is 2.08. The van der Waals surface area contributed by atoms with Gasteiger partial charge in [0, 0.05) is 6.54 Å². The van der Waals surface area contributed by atoms with Crippen LogP contribution < -0.4 is 10.5 Å². The standard InChI is InChI=1S/C10H14N2O5S/c11-6-9(10(14)17-7-13)12-18(15,16)8-4-2-1-3-5-8/h1-5,9,12-13H,6-7,11H2. The molecule has 0 aliphatic carbocycles. The third kappa shape index (κ3) is 3.77. The number of ether oxygens (including phenoxy) is 1. The van der Waals surface area contributed by atoms with Gasteiger partial charge in [-0.1, -0.05) is 18.2 Å².